The van der Waals surface area contributed by atoms with Crippen molar-refractivity contribution in [2.24, 2.45) is 5.73 Å². The second kappa shape index (κ2) is 17.4. The number of carbonyl (C=O) groups excluding carboxylic acids is 1. The Kier molecular flexibility index (Phi) is 39.8. The summed E-state index contributed by atoms with van der Waals surface area (Å²) in [7, 11) is 1.50. The molecule has 2 heteroatoms. The average Bonchev–Trinajstić information content (AvgIpc) is 1.41. The number of ketones is 1. The Balaban J connectivity index is -0.0000000480. The maximum atomic E-state index is 9.44. The number of hydrogen-bond acceptors (Lipinski definition) is 2. The summed E-state index contributed by atoms with van der Waals surface area (Å²) in [5.74, 6) is 0.167. The second-order valence-corrected chi connectivity index (χ2v) is 0.908. The molecule has 0 amide bonds. The monoisotopic (exact) mass is 105 g/mol. The third-order valence-electron chi connectivity index (χ3n) is 0. The molecule has 0 radical (unpaired) electrons. The van der Waals surface area contributed by atoms with Crippen LogP contribution in [0.5, 0.6) is 0 Å². The zero-order valence-electron chi connectivity index (χ0n) is 4.49. The van der Waals surface area contributed by atoms with Crippen molar-refractivity contribution in [3.8, 4) is 0 Å². The van der Waals surface area contributed by atoms with Gasteiger partial charge < -0.3 is 10.5 Å². The molecule has 0 heterocycles. The molecule has 2 nitrogen and oxygen atoms in total. The van der Waals surface area contributed by atoms with Crippen LogP contribution in [0.4, 0.5) is 0 Å². The van der Waals surface area contributed by atoms with Crippen LogP contribution in [-0.4, -0.2) is 12.8 Å². The van der Waals surface area contributed by atoms with Gasteiger partial charge in [0.15, 0.2) is 0 Å². The molecular weight excluding hydrogens is 90.1 g/mol. The smallest absolute Gasteiger partial charge is 0.126 e. The summed E-state index contributed by atoms with van der Waals surface area (Å²) in [6.45, 7) is 3.06. The lowest BCUT2D eigenvalue weighted by Gasteiger charge is -1.56. The zero-order chi connectivity index (χ0) is 5.58. The third kappa shape index (κ3) is 542. The first-order valence-corrected chi connectivity index (χ1v) is 1.78. The summed E-state index contributed by atoms with van der Waals surface area (Å²) in [6.07, 6.45) is 0. The summed E-state index contributed by atoms with van der Waals surface area (Å²) >= 11 is 0. The van der Waals surface area contributed by atoms with E-state index in [-0.39, 0.29) is 13.2 Å². The lowest BCUT2D eigenvalue weighted by Crippen LogP contribution is -1.69. The largest absolute Gasteiger partial charge is 0.333 e. The predicted octanol–water partition coefficient (Wildman–Crippen LogP) is 0.806. The van der Waals surface area contributed by atoms with Crippen molar-refractivity contribution in [1.29, 1.82) is 0 Å². The molecule has 0 saturated heterocycles. The van der Waals surface area contributed by atoms with E-state index in [0.717, 1.165) is 0 Å². The van der Waals surface area contributed by atoms with Crippen LogP contribution < -0.4 is 5.73 Å². The molecule has 0 fully saturated rings. The number of hydrogen-bond donors (Lipinski definition) is 1. The molecule has 0 aliphatic carbocycles. The van der Waals surface area contributed by atoms with Crippen molar-refractivity contribution in [2.75, 3.05) is 7.05 Å². The molecule has 46 valence electrons. The number of nitrogens with two attached hydrogens (primary N) is 1. The highest BCUT2D eigenvalue weighted by Crippen LogP contribution is 1.50. The molecule has 0 spiro atoms. The molecule has 0 unspecified atom stereocenters. The molecule has 7 heavy (non-hydrogen) atoms. The van der Waals surface area contributed by atoms with Gasteiger partial charge in [-0.25, -0.2) is 0 Å². The van der Waals surface area contributed by atoms with Gasteiger partial charge >= 0.3 is 0 Å². The Hall–Kier alpha value is -0.370. The van der Waals surface area contributed by atoms with Crippen molar-refractivity contribution in [2.45, 2.75) is 21.3 Å². The SMILES string of the molecule is C.CC(C)=O.CN. The minimum absolute atomic E-state index is 0. The molecule has 0 bridgehead atoms. The van der Waals surface area contributed by atoms with Gasteiger partial charge in [-0.15, -0.1) is 0 Å². The van der Waals surface area contributed by atoms with Crippen molar-refractivity contribution in [3.05, 3.63) is 0 Å². The van der Waals surface area contributed by atoms with Crippen molar-refractivity contribution in [3.63, 3.8) is 0 Å². The summed E-state index contributed by atoms with van der Waals surface area (Å²) in [5, 5.41) is 0. The Bertz CT molecular complexity index is 31.1. The van der Waals surface area contributed by atoms with Gasteiger partial charge in [0, 0.05) is 0 Å². The molecular formula is C5H15NO. The Labute approximate surface area is 45.7 Å². The topological polar surface area (TPSA) is 43.1 Å². The van der Waals surface area contributed by atoms with Crippen molar-refractivity contribution in [1.82, 2.24) is 0 Å². The summed E-state index contributed by atoms with van der Waals surface area (Å²) in [5.41, 5.74) is 4.50. The second-order valence-electron chi connectivity index (χ2n) is 0.908. The zero-order valence-corrected chi connectivity index (χ0v) is 4.49. The van der Waals surface area contributed by atoms with Gasteiger partial charge in [0.25, 0.3) is 0 Å². The van der Waals surface area contributed by atoms with E-state index in [1.165, 1.54) is 20.9 Å². The Morgan fingerprint density at radius 3 is 1.29 bits per heavy atom. The number of Topliss-reactive ketones (excluding diaryl/α,β-unsaturated/α-hetero) is 1. The van der Waals surface area contributed by atoms with E-state index in [1.807, 2.05) is 0 Å². The lowest BCUT2D eigenvalue weighted by atomic mass is 10.6. The fourth-order valence-electron chi connectivity index (χ4n) is 0. The molecule has 0 saturated carbocycles. The van der Waals surface area contributed by atoms with Gasteiger partial charge in [-0.3, -0.25) is 0 Å². The highest BCUT2D eigenvalue weighted by Gasteiger charge is 1.62. The highest BCUT2D eigenvalue weighted by molar-refractivity contribution is 5.72. The van der Waals surface area contributed by atoms with Crippen LogP contribution in [0.2, 0.25) is 0 Å². The molecule has 0 atom stereocenters. The van der Waals surface area contributed by atoms with Crippen LogP contribution in [0.15, 0.2) is 0 Å². The highest BCUT2D eigenvalue weighted by atomic mass is 16.1. The maximum absolute atomic E-state index is 9.44. The molecule has 0 aliphatic heterocycles. The van der Waals surface area contributed by atoms with Crippen LogP contribution in [0.25, 0.3) is 0 Å². The summed E-state index contributed by atoms with van der Waals surface area (Å²) < 4.78 is 0. The van der Waals surface area contributed by atoms with E-state index in [2.05, 4.69) is 5.73 Å². The fourth-order valence-corrected chi connectivity index (χ4v) is 0. The van der Waals surface area contributed by atoms with Gasteiger partial charge in [0.1, 0.15) is 5.78 Å². The molecule has 0 aromatic rings. The van der Waals surface area contributed by atoms with Gasteiger partial charge in [0.2, 0.25) is 0 Å². The molecule has 0 aromatic carbocycles. The van der Waals surface area contributed by atoms with Gasteiger partial charge in [-0.05, 0) is 20.9 Å². The Morgan fingerprint density at radius 2 is 1.29 bits per heavy atom. The quantitative estimate of drug-likeness (QED) is 0.495. The minimum atomic E-state index is 0. The first-order valence-electron chi connectivity index (χ1n) is 1.78. The molecule has 2 N–H and O–H groups in total. The van der Waals surface area contributed by atoms with E-state index in [9.17, 15) is 4.79 Å². The van der Waals surface area contributed by atoms with Gasteiger partial charge in [-0.2, -0.15) is 0 Å². The van der Waals surface area contributed by atoms with Gasteiger partial charge in [0.05, 0.1) is 0 Å². The van der Waals surface area contributed by atoms with E-state index >= 15 is 0 Å². The van der Waals surface area contributed by atoms with Crippen LogP contribution in [0.3, 0.4) is 0 Å². The van der Waals surface area contributed by atoms with E-state index < -0.39 is 0 Å². The van der Waals surface area contributed by atoms with E-state index in [1.54, 1.807) is 0 Å². The van der Waals surface area contributed by atoms with Crippen LogP contribution in [0.1, 0.15) is 21.3 Å². The predicted molar refractivity (Wildman–Crippen MR) is 33.2 cm³/mol. The first-order chi connectivity index (χ1) is 2.73. The number of carbonyl (C=O) groups is 1. The standard InChI is InChI=1S/C3H6O.CH5N.CH4/c1-3(2)4;1-2;/h1-2H3;2H2,1H3;1H4. The van der Waals surface area contributed by atoms with Crippen LogP contribution in [0, 0.1) is 0 Å². The summed E-state index contributed by atoms with van der Waals surface area (Å²) in [4.78, 5) is 9.44. The molecule has 0 aliphatic rings. The fraction of sp³-hybridized carbons (Fsp3) is 0.800. The maximum Gasteiger partial charge on any atom is 0.126 e. The van der Waals surface area contributed by atoms with E-state index in [4.69, 9.17) is 0 Å². The average molecular weight is 105 g/mol. The number of rotatable bonds is 0. The van der Waals surface area contributed by atoms with Crippen LogP contribution in [-0.2, 0) is 4.79 Å². The first kappa shape index (κ1) is 15.9. The van der Waals surface area contributed by atoms with E-state index in [0.29, 0.717) is 0 Å². The third-order valence-corrected chi connectivity index (χ3v) is 0. The summed E-state index contributed by atoms with van der Waals surface area (Å²) in [6, 6.07) is 0. The van der Waals surface area contributed by atoms with Gasteiger partial charge in [-0.1, -0.05) is 7.43 Å². The van der Waals surface area contributed by atoms with Crippen LogP contribution >= 0.6 is 0 Å². The van der Waals surface area contributed by atoms with Crippen molar-refractivity contribution >= 4 is 5.78 Å². The van der Waals surface area contributed by atoms with Crippen molar-refractivity contribution < 1.29 is 4.79 Å². The molecule has 0 aromatic heterocycles. The lowest BCUT2D eigenvalue weighted by molar-refractivity contribution is -0.114. The minimum Gasteiger partial charge on any atom is -0.333 e. The Morgan fingerprint density at radius 1 is 1.29 bits per heavy atom. The normalized spacial score (nSPS) is 4.57. The molecule has 0 rings (SSSR count).